The summed E-state index contributed by atoms with van der Waals surface area (Å²) in [7, 11) is -3.44. The van der Waals surface area contributed by atoms with Gasteiger partial charge in [-0.3, -0.25) is 4.90 Å². The van der Waals surface area contributed by atoms with Crippen LogP contribution in [0.25, 0.3) is 0 Å². The first-order valence-corrected chi connectivity index (χ1v) is 7.81. The zero-order valence-corrected chi connectivity index (χ0v) is 11.9. The van der Waals surface area contributed by atoms with Crippen LogP contribution in [-0.4, -0.2) is 55.1 Å². The molecule has 0 saturated heterocycles. The second-order valence-corrected chi connectivity index (χ2v) is 6.19. The van der Waals surface area contributed by atoms with Crippen molar-refractivity contribution in [2.75, 3.05) is 19.4 Å². The summed E-state index contributed by atoms with van der Waals surface area (Å²) in [5.41, 5.74) is 0.757. The molecule has 1 aromatic carbocycles. The van der Waals surface area contributed by atoms with Crippen LogP contribution >= 0.6 is 0 Å². The molecule has 1 amide bonds. The SMILES string of the molecule is CS(=O)(=O)NC[C@H](CO)N(Cc1ccccc1)C(=O)O. The van der Waals surface area contributed by atoms with Crippen molar-refractivity contribution in [2.24, 2.45) is 0 Å². The molecule has 1 rings (SSSR count). The van der Waals surface area contributed by atoms with Gasteiger partial charge in [0.2, 0.25) is 10.0 Å². The Labute approximate surface area is 117 Å². The minimum atomic E-state index is -3.44. The predicted molar refractivity (Wildman–Crippen MR) is 73.7 cm³/mol. The molecule has 0 aliphatic rings. The van der Waals surface area contributed by atoms with Gasteiger partial charge in [0.15, 0.2) is 0 Å². The van der Waals surface area contributed by atoms with Crippen LogP contribution < -0.4 is 4.72 Å². The molecule has 0 saturated carbocycles. The zero-order valence-electron chi connectivity index (χ0n) is 11.1. The molecule has 0 heterocycles. The summed E-state index contributed by atoms with van der Waals surface area (Å²) in [4.78, 5) is 12.3. The highest BCUT2D eigenvalue weighted by atomic mass is 32.2. The van der Waals surface area contributed by atoms with E-state index >= 15 is 0 Å². The maximum atomic E-state index is 11.3. The number of sulfonamides is 1. The van der Waals surface area contributed by atoms with E-state index in [2.05, 4.69) is 4.72 Å². The van der Waals surface area contributed by atoms with Gasteiger partial charge in [-0.1, -0.05) is 30.3 Å². The Morgan fingerprint density at radius 2 is 1.95 bits per heavy atom. The first-order valence-electron chi connectivity index (χ1n) is 5.92. The summed E-state index contributed by atoms with van der Waals surface area (Å²) in [6.45, 7) is -0.567. The average molecular weight is 302 g/mol. The highest BCUT2D eigenvalue weighted by Gasteiger charge is 2.23. The zero-order chi connectivity index (χ0) is 15.2. The number of nitrogens with zero attached hydrogens (tertiary/aromatic N) is 1. The molecule has 0 aliphatic carbocycles. The Hall–Kier alpha value is -1.64. The van der Waals surface area contributed by atoms with E-state index in [0.29, 0.717) is 0 Å². The van der Waals surface area contributed by atoms with E-state index in [1.165, 1.54) is 0 Å². The summed E-state index contributed by atoms with van der Waals surface area (Å²) in [5.74, 6) is 0. The van der Waals surface area contributed by atoms with E-state index < -0.39 is 28.8 Å². The van der Waals surface area contributed by atoms with Crippen molar-refractivity contribution in [1.29, 1.82) is 0 Å². The van der Waals surface area contributed by atoms with Crippen LogP contribution in [0.3, 0.4) is 0 Å². The minimum absolute atomic E-state index is 0.0762. The molecule has 112 valence electrons. The molecule has 0 bridgehead atoms. The summed E-state index contributed by atoms with van der Waals surface area (Å²) >= 11 is 0. The lowest BCUT2D eigenvalue weighted by atomic mass is 10.2. The number of carbonyl (C=O) groups is 1. The summed E-state index contributed by atoms with van der Waals surface area (Å²) in [6, 6.07) is 8.03. The Balaban J connectivity index is 2.79. The highest BCUT2D eigenvalue weighted by molar-refractivity contribution is 7.88. The minimum Gasteiger partial charge on any atom is -0.465 e. The highest BCUT2D eigenvalue weighted by Crippen LogP contribution is 2.08. The molecule has 8 heteroatoms. The van der Waals surface area contributed by atoms with Crippen molar-refractivity contribution in [1.82, 2.24) is 9.62 Å². The molecular weight excluding hydrogens is 284 g/mol. The van der Waals surface area contributed by atoms with Gasteiger partial charge in [-0.25, -0.2) is 17.9 Å². The van der Waals surface area contributed by atoms with Crippen molar-refractivity contribution in [3.8, 4) is 0 Å². The molecule has 0 aliphatic heterocycles. The summed E-state index contributed by atoms with van der Waals surface area (Å²) in [5, 5.41) is 18.5. The molecule has 7 nitrogen and oxygen atoms in total. The Morgan fingerprint density at radius 3 is 2.40 bits per heavy atom. The van der Waals surface area contributed by atoms with Gasteiger partial charge in [0.1, 0.15) is 0 Å². The Bertz CT molecular complexity index is 532. The van der Waals surface area contributed by atoms with E-state index in [1.807, 2.05) is 6.07 Å². The smallest absolute Gasteiger partial charge is 0.407 e. The second kappa shape index (κ2) is 7.22. The Morgan fingerprint density at radius 1 is 1.35 bits per heavy atom. The van der Waals surface area contributed by atoms with Crippen LogP contribution in [0.2, 0.25) is 0 Å². The van der Waals surface area contributed by atoms with Crippen molar-refractivity contribution >= 4 is 16.1 Å². The fourth-order valence-electron chi connectivity index (χ4n) is 1.65. The number of carboxylic acid groups (broad SMARTS) is 1. The number of aliphatic hydroxyl groups excluding tert-OH is 1. The van der Waals surface area contributed by atoms with Crippen molar-refractivity contribution < 1.29 is 23.4 Å². The van der Waals surface area contributed by atoms with Crippen LogP contribution in [0.1, 0.15) is 5.56 Å². The van der Waals surface area contributed by atoms with Gasteiger partial charge in [-0.05, 0) is 5.56 Å². The first kappa shape index (κ1) is 16.4. The fourth-order valence-corrected chi connectivity index (χ4v) is 2.15. The largest absolute Gasteiger partial charge is 0.465 e. The number of benzene rings is 1. The summed E-state index contributed by atoms with van der Waals surface area (Å²) in [6.07, 6.45) is -0.243. The van der Waals surface area contributed by atoms with Gasteiger partial charge in [0.25, 0.3) is 0 Å². The molecular formula is C12H18N2O5S. The van der Waals surface area contributed by atoms with Crippen LogP contribution in [0.15, 0.2) is 30.3 Å². The number of aliphatic hydroxyl groups is 1. The molecule has 3 N–H and O–H groups in total. The lowest BCUT2D eigenvalue weighted by Crippen LogP contribution is -2.47. The average Bonchev–Trinajstić information content (AvgIpc) is 2.37. The molecule has 1 aromatic rings. The lowest BCUT2D eigenvalue weighted by molar-refractivity contribution is 0.0947. The van der Waals surface area contributed by atoms with Crippen molar-refractivity contribution in [3.63, 3.8) is 0 Å². The molecule has 0 aromatic heterocycles. The molecule has 20 heavy (non-hydrogen) atoms. The number of amides is 1. The van der Waals surface area contributed by atoms with Crippen molar-refractivity contribution in [2.45, 2.75) is 12.6 Å². The number of hydrogen-bond acceptors (Lipinski definition) is 4. The maximum absolute atomic E-state index is 11.3. The number of hydrogen-bond donors (Lipinski definition) is 3. The van der Waals surface area contributed by atoms with E-state index in [4.69, 9.17) is 0 Å². The van der Waals surface area contributed by atoms with Gasteiger partial charge in [-0.2, -0.15) is 0 Å². The molecule has 0 fully saturated rings. The number of rotatable bonds is 7. The van der Waals surface area contributed by atoms with Gasteiger partial charge >= 0.3 is 6.09 Å². The first-order chi connectivity index (χ1) is 9.33. The molecule has 1 atom stereocenters. The van der Waals surface area contributed by atoms with Crippen LogP contribution in [0.5, 0.6) is 0 Å². The third kappa shape index (κ3) is 5.55. The van der Waals surface area contributed by atoms with Gasteiger partial charge < -0.3 is 10.2 Å². The molecule has 0 radical (unpaired) electrons. The van der Waals surface area contributed by atoms with E-state index in [1.54, 1.807) is 24.3 Å². The van der Waals surface area contributed by atoms with Crippen LogP contribution in [0.4, 0.5) is 4.79 Å². The quantitative estimate of drug-likeness (QED) is 0.661. The van der Waals surface area contributed by atoms with Gasteiger partial charge in [-0.15, -0.1) is 0 Å². The third-order valence-corrected chi connectivity index (χ3v) is 3.37. The van der Waals surface area contributed by atoms with Crippen LogP contribution in [-0.2, 0) is 16.6 Å². The van der Waals surface area contributed by atoms with Gasteiger partial charge in [0.05, 0.1) is 18.9 Å². The van der Waals surface area contributed by atoms with Crippen LogP contribution in [0, 0.1) is 0 Å². The normalized spacial score (nSPS) is 12.9. The topological polar surface area (TPSA) is 107 Å². The molecule has 0 spiro atoms. The predicted octanol–water partition coefficient (Wildman–Crippen LogP) is 0.0767. The lowest BCUT2D eigenvalue weighted by Gasteiger charge is -2.28. The van der Waals surface area contributed by atoms with E-state index in [-0.39, 0.29) is 13.1 Å². The molecule has 0 unspecified atom stereocenters. The fraction of sp³-hybridized carbons (Fsp3) is 0.417. The maximum Gasteiger partial charge on any atom is 0.407 e. The number of nitrogens with one attached hydrogen (secondary N) is 1. The monoisotopic (exact) mass is 302 g/mol. The Kier molecular flexibility index (Phi) is 5.93. The van der Waals surface area contributed by atoms with Crippen molar-refractivity contribution in [3.05, 3.63) is 35.9 Å². The van der Waals surface area contributed by atoms with E-state index in [9.17, 15) is 23.4 Å². The second-order valence-electron chi connectivity index (χ2n) is 4.35. The van der Waals surface area contributed by atoms with Gasteiger partial charge in [0, 0.05) is 13.1 Å². The van der Waals surface area contributed by atoms with E-state index in [0.717, 1.165) is 16.7 Å². The summed E-state index contributed by atoms with van der Waals surface area (Å²) < 4.78 is 24.3. The third-order valence-electron chi connectivity index (χ3n) is 2.67. The standard InChI is InChI=1S/C12H18N2O5S/c1-20(18,19)13-7-11(9-15)14(12(16)17)8-10-5-3-2-4-6-10/h2-6,11,13,15H,7-9H2,1H3,(H,16,17)/t11-/m1/s1.